The van der Waals surface area contributed by atoms with Gasteiger partial charge in [0.25, 0.3) is 5.91 Å². The summed E-state index contributed by atoms with van der Waals surface area (Å²) in [6.07, 6.45) is 9.54. The minimum Gasteiger partial charge on any atom is -0.465 e. The van der Waals surface area contributed by atoms with E-state index in [2.05, 4.69) is 21.7 Å². The quantitative estimate of drug-likeness (QED) is 0.556. The molecule has 1 aromatic carbocycles. The number of carbonyl (C=O) groups excluding carboxylic acids is 2. The Balaban J connectivity index is 1.57. The third-order valence-corrected chi connectivity index (χ3v) is 4.74. The second-order valence-corrected chi connectivity index (χ2v) is 6.71. The van der Waals surface area contributed by atoms with Gasteiger partial charge in [-0.3, -0.25) is 4.79 Å². The lowest BCUT2D eigenvalue weighted by molar-refractivity contribution is 0.0601. The molecule has 0 fully saturated rings. The van der Waals surface area contributed by atoms with Crippen LogP contribution in [0.25, 0.3) is 0 Å². The standard InChI is InChI=1S/C22H25N3O3/c1-28-22(27)18-9-5-6-10-19(18)25-20-12-11-17(15-24-20)21(26)23-14-13-16-7-3-2-4-8-16/h5-7,9-12,15H,2-4,8,13-14H2,1H3,(H,23,26)(H,24,25). The SMILES string of the molecule is COC(=O)c1ccccc1Nc1ccc(C(=O)NCCC2=CCCCC2)cn1. The van der Waals surface area contributed by atoms with Crippen molar-refractivity contribution < 1.29 is 14.3 Å². The van der Waals surface area contributed by atoms with E-state index in [0.29, 0.717) is 29.2 Å². The summed E-state index contributed by atoms with van der Waals surface area (Å²) in [6, 6.07) is 10.5. The number of benzene rings is 1. The Morgan fingerprint density at radius 1 is 1.14 bits per heavy atom. The lowest BCUT2D eigenvalue weighted by Gasteiger charge is -2.13. The topological polar surface area (TPSA) is 80.3 Å². The summed E-state index contributed by atoms with van der Waals surface area (Å²) < 4.78 is 4.79. The van der Waals surface area contributed by atoms with Gasteiger partial charge in [0.15, 0.2) is 0 Å². The number of carbonyl (C=O) groups is 2. The van der Waals surface area contributed by atoms with Crippen molar-refractivity contribution >= 4 is 23.4 Å². The Bertz CT molecular complexity index is 860. The van der Waals surface area contributed by atoms with Gasteiger partial charge in [-0.2, -0.15) is 0 Å². The number of nitrogens with one attached hydrogen (secondary N) is 2. The monoisotopic (exact) mass is 379 g/mol. The van der Waals surface area contributed by atoms with E-state index in [1.54, 1.807) is 30.3 Å². The van der Waals surface area contributed by atoms with Gasteiger partial charge in [-0.25, -0.2) is 9.78 Å². The number of ether oxygens (including phenoxy) is 1. The summed E-state index contributed by atoms with van der Waals surface area (Å²) in [7, 11) is 1.34. The molecule has 28 heavy (non-hydrogen) atoms. The summed E-state index contributed by atoms with van der Waals surface area (Å²) in [5.41, 5.74) is 2.96. The smallest absolute Gasteiger partial charge is 0.339 e. The van der Waals surface area contributed by atoms with Gasteiger partial charge in [0.1, 0.15) is 5.82 Å². The number of esters is 1. The molecule has 0 saturated carbocycles. The predicted octanol–water partition coefficient (Wildman–Crippen LogP) is 4.23. The highest BCUT2D eigenvalue weighted by molar-refractivity contribution is 5.96. The fraction of sp³-hybridized carbons (Fsp3) is 0.318. The lowest BCUT2D eigenvalue weighted by Crippen LogP contribution is -2.25. The summed E-state index contributed by atoms with van der Waals surface area (Å²) >= 11 is 0. The fourth-order valence-corrected chi connectivity index (χ4v) is 3.19. The van der Waals surface area contributed by atoms with Crippen molar-refractivity contribution in [3.63, 3.8) is 0 Å². The number of hydrogen-bond donors (Lipinski definition) is 2. The molecule has 0 unspecified atom stereocenters. The van der Waals surface area contributed by atoms with Gasteiger partial charge in [-0.05, 0) is 56.4 Å². The summed E-state index contributed by atoms with van der Waals surface area (Å²) in [5.74, 6) is -0.0159. The molecule has 1 amide bonds. The average molecular weight is 379 g/mol. The molecular weight excluding hydrogens is 354 g/mol. The van der Waals surface area contributed by atoms with E-state index in [4.69, 9.17) is 4.74 Å². The minimum absolute atomic E-state index is 0.134. The Morgan fingerprint density at radius 3 is 2.71 bits per heavy atom. The van der Waals surface area contributed by atoms with Crippen molar-refractivity contribution in [3.8, 4) is 0 Å². The summed E-state index contributed by atoms with van der Waals surface area (Å²) in [4.78, 5) is 28.4. The van der Waals surface area contributed by atoms with Crippen LogP contribution in [0.15, 0.2) is 54.2 Å². The second kappa shape index (κ2) is 9.69. The minimum atomic E-state index is -0.424. The lowest BCUT2D eigenvalue weighted by atomic mass is 9.97. The van der Waals surface area contributed by atoms with Gasteiger partial charge in [-0.1, -0.05) is 23.8 Å². The average Bonchev–Trinajstić information content (AvgIpc) is 2.75. The van der Waals surface area contributed by atoms with Crippen LogP contribution in [-0.2, 0) is 4.74 Å². The molecule has 146 valence electrons. The van der Waals surface area contributed by atoms with E-state index in [1.807, 2.05) is 6.07 Å². The molecule has 6 nitrogen and oxygen atoms in total. The molecule has 1 aliphatic carbocycles. The van der Waals surface area contributed by atoms with Gasteiger partial charge < -0.3 is 15.4 Å². The van der Waals surface area contributed by atoms with Crippen molar-refractivity contribution in [3.05, 3.63) is 65.4 Å². The number of nitrogens with zero attached hydrogens (tertiary/aromatic N) is 1. The van der Waals surface area contributed by atoms with Crippen molar-refractivity contribution in [2.24, 2.45) is 0 Å². The number of pyridine rings is 1. The van der Waals surface area contributed by atoms with Gasteiger partial charge in [0, 0.05) is 12.7 Å². The highest BCUT2D eigenvalue weighted by atomic mass is 16.5. The predicted molar refractivity (Wildman–Crippen MR) is 109 cm³/mol. The Kier molecular flexibility index (Phi) is 6.78. The van der Waals surface area contributed by atoms with Gasteiger partial charge >= 0.3 is 5.97 Å². The molecular formula is C22H25N3O3. The first kappa shape index (κ1) is 19.6. The van der Waals surface area contributed by atoms with E-state index in [1.165, 1.54) is 31.7 Å². The van der Waals surface area contributed by atoms with Gasteiger partial charge in [-0.15, -0.1) is 0 Å². The van der Waals surface area contributed by atoms with Crippen LogP contribution in [0.4, 0.5) is 11.5 Å². The first-order chi connectivity index (χ1) is 13.7. The molecule has 2 aromatic rings. The van der Waals surface area contributed by atoms with Crippen LogP contribution in [-0.4, -0.2) is 30.5 Å². The third-order valence-electron chi connectivity index (χ3n) is 4.74. The fourth-order valence-electron chi connectivity index (χ4n) is 3.19. The first-order valence-corrected chi connectivity index (χ1v) is 9.54. The van der Waals surface area contributed by atoms with E-state index in [9.17, 15) is 9.59 Å². The number of aromatic nitrogens is 1. The number of amides is 1. The van der Waals surface area contributed by atoms with E-state index >= 15 is 0 Å². The van der Waals surface area contributed by atoms with Crippen molar-refractivity contribution in [2.45, 2.75) is 32.1 Å². The van der Waals surface area contributed by atoms with Gasteiger partial charge in [0.05, 0.1) is 23.9 Å². The third kappa shape index (κ3) is 5.19. The molecule has 1 aromatic heterocycles. The van der Waals surface area contributed by atoms with E-state index in [0.717, 1.165) is 19.3 Å². The largest absolute Gasteiger partial charge is 0.465 e. The number of hydrogen-bond acceptors (Lipinski definition) is 5. The highest BCUT2D eigenvalue weighted by Crippen LogP contribution is 2.21. The zero-order valence-electron chi connectivity index (χ0n) is 16.0. The molecule has 6 heteroatoms. The number of methoxy groups -OCH3 is 1. The maximum absolute atomic E-state index is 12.3. The van der Waals surface area contributed by atoms with Crippen LogP contribution in [0.3, 0.4) is 0 Å². The molecule has 0 saturated heterocycles. The highest BCUT2D eigenvalue weighted by Gasteiger charge is 2.12. The molecule has 0 radical (unpaired) electrons. The maximum Gasteiger partial charge on any atom is 0.339 e. The Hall–Kier alpha value is -3.15. The van der Waals surface area contributed by atoms with Crippen LogP contribution >= 0.6 is 0 Å². The van der Waals surface area contributed by atoms with Crippen molar-refractivity contribution in [2.75, 3.05) is 19.0 Å². The molecule has 3 rings (SSSR count). The Labute approximate surface area is 165 Å². The number of anilines is 2. The number of allylic oxidation sites excluding steroid dienone is 1. The van der Waals surface area contributed by atoms with Crippen LogP contribution in [0.5, 0.6) is 0 Å². The Morgan fingerprint density at radius 2 is 2.00 bits per heavy atom. The van der Waals surface area contributed by atoms with Crippen LogP contribution in [0, 0.1) is 0 Å². The molecule has 2 N–H and O–H groups in total. The molecule has 0 bridgehead atoms. The van der Waals surface area contributed by atoms with Crippen LogP contribution < -0.4 is 10.6 Å². The zero-order valence-corrected chi connectivity index (χ0v) is 16.0. The van der Waals surface area contributed by atoms with E-state index < -0.39 is 5.97 Å². The molecule has 1 heterocycles. The molecule has 0 spiro atoms. The maximum atomic E-state index is 12.3. The summed E-state index contributed by atoms with van der Waals surface area (Å²) in [6.45, 7) is 0.636. The number of para-hydroxylation sites is 1. The normalized spacial score (nSPS) is 13.4. The molecule has 1 aliphatic rings. The van der Waals surface area contributed by atoms with E-state index in [-0.39, 0.29) is 5.91 Å². The zero-order chi connectivity index (χ0) is 19.8. The van der Waals surface area contributed by atoms with Crippen molar-refractivity contribution in [1.29, 1.82) is 0 Å². The summed E-state index contributed by atoms with van der Waals surface area (Å²) in [5, 5.41) is 6.03. The number of rotatable bonds is 7. The second-order valence-electron chi connectivity index (χ2n) is 6.71. The first-order valence-electron chi connectivity index (χ1n) is 9.54. The molecule has 0 aliphatic heterocycles. The van der Waals surface area contributed by atoms with Crippen molar-refractivity contribution in [1.82, 2.24) is 10.3 Å². The van der Waals surface area contributed by atoms with Crippen LogP contribution in [0.1, 0.15) is 52.8 Å². The molecule has 0 atom stereocenters. The van der Waals surface area contributed by atoms with Crippen LogP contribution in [0.2, 0.25) is 0 Å². The van der Waals surface area contributed by atoms with Gasteiger partial charge in [0.2, 0.25) is 0 Å².